The van der Waals surface area contributed by atoms with Crippen molar-refractivity contribution in [3.63, 3.8) is 0 Å². The lowest BCUT2D eigenvalue weighted by Crippen LogP contribution is -1.94. The van der Waals surface area contributed by atoms with Gasteiger partial charge >= 0.3 is 5.63 Å². The molecule has 0 aromatic carbocycles. The van der Waals surface area contributed by atoms with Gasteiger partial charge in [0.15, 0.2) is 5.52 Å². The Kier molecular flexibility index (Phi) is 0.858. The van der Waals surface area contributed by atoms with Crippen LogP contribution in [0.1, 0.15) is 0 Å². The summed E-state index contributed by atoms with van der Waals surface area (Å²) in [5.41, 5.74) is 0.325. The average molecular weight is 137 g/mol. The molecule has 0 aliphatic heterocycles. The van der Waals surface area contributed by atoms with E-state index in [4.69, 9.17) is 0 Å². The van der Waals surface area contributed by atoms with Gasteiger partial charge in [-0.1, -0.05) is 0 Å². The normalized spacial score (nSPS) is 10.4. The van der Waals surface area contributed by atoms with Crippen LogP contribution in [0.5, 0.6) is 0 Å². The topological polar surface area (TPSA) is 71.8 Å². The molecular formula is C5H3N3O2. The van der Waals surface area contributed by atoms with Crippen molar-refractivity contribution in [2.45, 2.75) is 0 Å². The van der Waals surface area contributed by atoms with E-state index < -0.39 is 5.63 Å². The van der Waals surface area contributed by atoms with Crippen LogP contribution in [0, 0.1) is 0 Å². The van der Waals surface area contributed by atoms with Gasteiger partial charge in [0.05, 0.1) is 6.20 Å². The Morgan fingerprint density at radius 3 is 3.30 bits per heavy atom. The van der Waals surface area contributed by atoms with Crippen LogP contribution in [0.4, 0.5) is 0 Å². The highest BCUT2D eigenvalue weighted by Gasteiger charge is 2.01. The van der Waals surface area contributed by atoms with Gasteiger partial charge in [-0.25, -0.2) is 9.95 Å². The van der Waals surface area contributed by atoms with E-state index in [-0.39, 0.29) is 5.52 Å². The Morgan fingerprint density at radius 1 is 1.60 bits per heavy atom. The van der Waals surface area contributed by atoms with Gasteiger partial charge in [0, 0.05) is 0 Å². The third-order valence-corrected chi connectivity index (χ3v) is 1.17. The van der Waals surface area contributed by atoms with E-state index in [1.807, 2.05) is 0 Å². The number of fused-ring (bicyclic) bond motifs is 1. The Hall–Kier alpha value is -1.65. The first kappa shape index (κ1) is 5.16. The quantitative estimate of drug-likeness (QED) is 0.550. The zero-order valence-electron chi connectivity index (χ0n) is 4.87. The number of H-pyrrole nitrogens is 1. The van der Waals surface area contributed by atoms with E-state index >= 15 is 0 Å². The van der Waals surface area contributed by atoms with Gasteiger partial charge < -0.3 is 4.52 Å². The van der Waals surface area contributed by atoms with Crippen molar-refractivity contribution in [3.8, 4) is 0 Å². The molecule has 1 N–H and O–H groups in total. The second-order valence-electron chi connectivity index (χ2n) is 1.79. The maximum atomic E-state index is 10.7. The van der Waals surface area contributed by atoms with E-state index in [1.54, 1.807) is 6.07 Å². The molecule has 0 spiro atoms. The third-order valence-electron chi connectivity index (χ3n) is 1.17. The molecule has 2 heterocycles. The van der Waals surface area contributed by atoms with Gasteiger partial charge in [0.25, 0.3) is 0 Å². The zero-order chi connectivity index (χ0) is 6.97. The molecular weight excluding hydrogens is 134 g/mol. The molecule has 0 bridgehead atoms. The van der Waals surface area contributed by atoms with Crippen LogP contribution in [0.2, 0.25) is 0 Å². The minimum atomic E-state index is -0.483. The SMILES string of the molecule is O=c1o[nH]c2ccnnc12. The molecule has 0 radical (unpaired) electrons. The zero-order valence-corrected chi connectivity index (χ0v) is 4.87. The largest absolute Gasteiger partial charge is 0.385 e. The first-order valence-corrected chi connectivity index (χ1v) is 2.67. The fraction of sp³-hybridized carbons (Fsp3) is 0. The van der Waals surface area contributed by atoms with Gasteiger partial charge in [-0.05, 0) is 6.07 Å². The maximum absolute atomic E-state index is 10.7. The van der Waals surface area contributed by atoms with Crippen molar-refractivity contribution in [2.75, 3.05) is 0 Å². The van der Waals surface area contributed by atoms with Gasteiger partial charge in [-0.3, -0.25) is 0 Å². The summed E-state index contributed by atoms with van der Waals surface area (Å²) in [6.45, 7) is 0. The van der Waals surface area contributed by atoms with Crippen LogP contribution in [-0.4, -0.2) is 15.4 Å². The third kappa shape index (κ3) is 0.540. The molecule has 2 aromatic rings. The lowest BCUT2D eigenvalue weighted by atomic mass is 10.4. The van der Waals surface area contributed by atoms with Crippen LogP contribution < -0.4 is 5.63 Å². The number of rotatable bonds is 0. The van der Waals surface area contributed by atoms with Crippen molar-refractivity contribution in [1.29, 1.82) is 0 Å². The molecule has 5 nitrogen and oxygen atoms in total. The van der Waals surface area contributed by atoms with E-state index in [9.17, 15) is 4.79 Å². The van der Waals surface area contributed by atoms with Crippen LogP contribution in [-0.2, 0) is 0 Å². The van der Waals surface area contributed by atoms with Crippen LogP contribution >= 0.6 is 0 Å². The van der Waals surface area contributed by atoms with Gasteiger partial charge in [-0.2, -0.15) is 5.10 Å². The predicted octanol–water partition coefficient (Wildman–Crippen LogP) is -0.0889. The standard InChI is InChI=1S/C5H3N3O2/c9-5-4-3(8-10-5)1-2-6-7-4/h1-2,8H. The number of hydrogen-bond acceptors (Lipinski definition) is 4. The van der Waals surface area contributed by atoms with Crippen molar-refractivity contribution < 1.29 is 4.52 Å². The number of nitrogens with one attached hydrogen (secondary N) is 1. The lowest BCUT2D eigenvalue weighted by Gasteiger charge is -1.77. The fourth-order valence-electron chi connectivity index (χ4n) is 0.715. The molecule has 0 aliphatic rings. The Bertz CT molecular complexity index is 402. The second-order valence-corrected chi connectivity index (χ2v) is 1.79. The summed E-state index contributed by atoms with van der Waals surface area (Å²) in [4.78, 5) is 10.7. The van der Waals surface area contributed by atoms with E-state index in [0.717, 1.165) is 0 Å². The Morgan fingerprint density at radius 2 is 2.50 bits per heavy atom. The molecule has 50 valence electrons. The molecule has 0 atom stereocenters. The summed E-state index contributed by atoms with van der Waals surface area (Å²) in [6.07, 6.45) is 1.48. The summed E-state index contributed by atoms with van der Waals surface area (Å²) >= 11 is 0. The van der Waals surface area contributed by atoms with E-state index in [2.05, 4.69) is 19.9 Å². The molecule has 10 heavy (non-hydrogen) atoms. The number of aromatic nitrogens is 3. The Labute approximate surface area is 54.6 Å². The summed E-state index contributed by atoms with van der Waals surface area (Å²) in [6, 6.07) is 1.62. The van der Waals surface area contributed by atoms with Gasteiger partial charge in [-0.15, -0.1) is 5.10 Å². The monoisotopic (exact) mass is 137 g/mol. The van der Waals surface area contributed by atoms with Crippen molar-refractivity contribution in [2.24, 2.45) is 0 Å². The molecule has 0 saturated heterocycles. The maximum Gasteiger partial charge on any atom is 0.385 e. The highest BCUT2D eigenvalue weighted by atomic mass is 16.5. The summed E-state index contributed by atoms with van der Waals surface area (Å²) < 4.78 is 4.43. The number of aromatic amines is 1. The van der Waals surface area contributed by atoms with Crippen molar-refractivity contribution >= 4 is 11.0 Å². The van der Waals surface area contributed by atoms with E-state index in [0.29, 0.717) is 5.52 Å². The smallest absolute Gasteiger partial charge is 0.336 e. The van der Waals surface area contributed by atoms with Crippen molar-refractivity contribution in [1.82, 2.24) is 15.4 Å². The number of nitrogens with zero attached hydrogens (tertiary/aromatic N) is 2. The molecule has 2 aromatic heterocycles. The van der Waals surface area contributed by atoms with E-state index in [1.165, 1.54) is 6.20 Å². The average Bonchev–Trinajstić information content (AvgIpc) is 2.34. The molecule has 0 aliphatic carbocycles. The summed E-state index contributed by atoms with van der Waals surface area (Å²) in [5.74, 6) is 0. The molecule has 0 amide bonds. The summed E-state index contributed by atoms with van der Waals surface area (Å²) in [5, 5.41) is 9.47. The highest BCUT2D eigenvalue weighted by molar-refractivity contribution is 5.70. The molecule has 0 saturated carbocycles. The van der Waals surface area contributed by atoms with Crippen molar-refractivity contribution in [3.05, 3.63) is 22.7 Å². The van der Waals surface area contributed by atoms with Crippen LogP contribution in [0.25, 0.3) is 11.0 Å². The molecule has 5 heteroatoms. The minimum Gasteiger partial charge on any atom is -0.336 e. The highest BCUT2D eigenvalue weighted by Crippen LogP contribution is 1.98. The fourth-order valence-corrected chi connectivity index (χ4v) is 0.715. The predicted molar refractivity (Wildman–Crippen MR) is 32.4 cm³/mol. The first-order chi connectivity index (χ1) is 4.88. The first-order valence-electron chi connectivity index (χ1n) is 2.67. The summed E-state index contributed by atoms with van der Waals surface area (Å²) in [7, 11) is 0. The van der Waals surface area contributed by atoms with Gasteiger partial charge in [0.1, 0.15) is 5.52 Å². The minimum absolute atomic E-state index is 0.238. The lowest BCUT2D eigenvalue weighted by molar-refractivity contribution is 0.399. The number of hydrogen-bond donors (Lipinski definition) is 1. The van der Waals surface area contributed by atoms with Crippen LogP contribution in [0.3, 0.4) is 0 Å². The van der Waals surface area contributed by atoms with Crippen LogP contribution in [0.15, 0.2) is 21.6 Å². The Balaban J connectivity index is 3.07. The van der Waals surface area contributed by atoms with Gasteiger partial charge in [0.2, 0.25) is 0 Å². The molecule has 0 fully saturated rings. The molecule has 2 rings (SSSR count). The second kappa shape index (κ2) is 1.66. The molecule has 0 unspecified atom stereocenters.